The Morgan fingerprint density at radius 1 is 1.00 bits per heavy atom. The molecule has 0 saturated carbocycles. The van der Waals surface area contributed by atoms with Gasteiger partial charge >= 0.3 is 9.28 Å². The maximum absolute atomic E-state index is 3.70. The van der Waals surface area contributed by atoms with Crippen LogP contribution >= 0.6 is 0 Å². The minimum Gasteiger partial charge on any atom is -0.374 e. The molecule has 0 aromatic rings. The SMILES string of the molecule is CCN[SiH]1N(C(C)CC)C=CN1C(C)CC. The third kappa shape index (κ3) is 2.80. The average Bonchev–Trinajstić information content (AvgIpc) is 2.71. The van der Waals surface area contributed by atoms with E-state index in [-0.39, 0.29) is 0 Å². The second-order valence-corrected chi connectivity index (χ2v) is 6.99. The molecule has 0 aromatic heterocycles. The van der Waals surface area contributed by atoms with Gasteiger partial charge in [0.1, 0.15) is 0 Å². The minimum atomic E-state index is -1.16. The quantitative estimate of drug-likeness (QED) is 0.718. The Morgan fingerprint density at radius 2 is 1.44 bits per heavy atom. The van der Waals surface area contributed by atoms with Gasteiger partial charge in [-0.05, 0) is 33.2 Å². The summed E-state index contributed by atoms with van der Waals surface area (Å²) in [4.78, 5) is 3.70. The van der Waals surface area contributed by atoms with Crippen LogP contribution in [-0.4, -0.2) is 37.0 Å². The molecular weight excluding hydrogens is 214 g/mol. The van der Waals surface area contributed by atoms with Gasteiger partial charge in [-0.15, -0.1) is 0 Å². The van der Waals surface area contributed by atoms with Gasteiger partial charge in [-0.25, -0.2) is 0 Å². The molecule has 0 aromatic carbocycles. The number of nitrogens with zero attached hydrogens (tertiary/aromatic N) is 2. The molecule has 0 bridgehead atoms. The minimum absolute atomic E-state index is 0.654. The van der Waals surface area contributed by atoms with Crippen LogP contribution in [-0.2, 0) is 0 Å². The summed E-state index contributed by atoms with van der Waals surface area (Å²) in [5.74, 6) is 0. The highest BCUT2D eigenvalue weighted by Gasteiger charge is 2.32. The average molecular weight is 241 g/mol. The van der Waals surface area contributed by atoms with Crippen LogP contribution in [0.5, 0.6) is 0 Å². The molecule has 1 aliphatic rings. The Morgan fingerprint density at radius 3 is 1.75 bits per heavy atom. The van der Waals surface area contributed by atoms with E-state index in [2.05, 4.69) is 61.1 Å². The molecule has 0 spiro atoms. The molecule has 1 heterocycles. The van der Waals surface area contributed by atoms with E-state index in [9.17, 15) is 0 Å². The fraction of sp³-hybridized carbons (Fsp3) is 0.833. The van der Waals surface area contributed by atoms with Gasteiger partial charge in [0.05, 0.1) is 0 Å². The van der Waals surface area contributed by atoms with Crippen molar-refractivity contribution in [3.05, 3.63) is 12.4 Å². The fourth-order valence-corrected chi connectivity index (χ4v) is 5.02. The van der Waals surface area contributed by atoms with Crippen molar-refractivity contribution in [2.75, 3.05) is 6.54 Å². The standard InChI is InChI=1S/C12H27N3Si/c1-6-11(4)14-9-10-15(12(5)7-2)16(14)13-8-3/h9-13,16H,6-8H2,1-5H3. The van der Waals surface area contributed by atoms with Gasteiger partial charge in [-0.2, -0.15) is 0 Å². The lowest BCUT2D eigenvalue weighted by atomic mass is 10.3. The van der Waals surface area contributed by atoms with Crippen molar-refractivity contribution in [1.29, 1.82) is 0 Å². The van der Waals surface area contributed by atoms with Gasteiger partial charge in [0.2, 0.25) is 0 Å². The largest absolute Gasteiger partial charge is 0.374 e. The number of nitrogens with one attached hydrogen (secondary N) is 1. The maximum Gasteiger partial charge on any atom is 0.329 e. The van der Waals surface area contributed by atoms with Crippen LogP contribution in [0, 0.1) is 0 Å². The molecule has 0 aliphatic carbocycles. The molecule has 2 atom stereocenters. The van der Waals surface area contributed by atoms with Crippen molar-refractivity contribution in [2.45, 2.75) is 59.5 Å². The van der Waals surface area contributed by atoms with E-state index in [1.807, 2.05) is 0 Å². The molecule has 1 N–H and O–H groups in total. The predicted octanol–water partition coefficient (Wildman–Crippen LogP) is 2.00. The zero-order valence-corrected chi connectivity index (χ0v) is 12.6. The van der Waals surface area contributed by atoms with E-state index < -0.39 is 9.28 Å². The van der Waals surface area contributed by atoms with Crippen LogP contribution in [0.2, 0.25) is 0 Å². The van der Waals surface area contributed by atoms with Gasteiger partial charge in [-0.1, -0.05) is 20.8 Å². The summed E-state index contributed by atoms with van der Waals surface area (Å²) in [6, 6.07) is 1.31. The van der Waals surface area contributed by atoms with Crippen LogP contribution in [0.4, 0.5) is 0 Å². The van der Waals surface area contributed by atoms with Crippen molar-refractivity contribution in [1.82, 2.24) is 14.1 Å². The molecule has 3 nitrogen and oxygen atoms in total. The van der Waals surface area contributed by atoms with E-state index in [1.54, 1.807) is 0 Å². The molecule has 0 fully saturated rings. The molecule has 0 amide bonds. The Kier molecular flexibility index (Phi) is 5.35. The Balaban J connectivity index is 2.72. The molecule has 0 radical (unpaired) electrons. The fourth-order valence-electron chi connectivity index (χ4n) is 2.06. The number of hydrogen-bond donors (Lipinski definition) is 1. The van der Waals surface area contributed by atoms with Gasteiger partial charge in [-0.3, -0.25) is 0 Å². The van der Waals surface area contributed by atoms with E-state index in [4.69, 9.17) is 0 Å². The lowest BCUT2D eigenvalue weighted by Gasteiger charge is -2.37. The van der Waals surface area contributed by atoms with E-state index in [0.717, 1.165) is 6.54 Å². The lowest BCUT2D eigenvalue weighted by Crippen LogP contribution is -2.59. The van der Waals surface area contributed by atoms with Crippen LogP contribution in [0.1, 0.15) is 47.5 Å². The summed E-state index contributed by atoms with van der Waals surface area (Å²) in [7, 11) is -1.16. The zero-order chi connectivity index (χ0) is 12.1. The highest BCUT2D eigenvalue weighted by atomic mass is 28.3. The van der Waals surface area contributed by atoms with Crippen molar-refractivity contribution in [3.63, 3.8) is 0 Å². The van der Waals surface area contributed by atoms with Crippen LogP contribution in [0.25, 0.3) is 0 Å². The molecule has 16 heavy (non-hydrogen) atoms. The van der Waals surface area contributed by atoms with E-state index in [0.29, 0.717) is 12.1 Å². The van der Waals surface area contributed by atoms with Gasteiger partial charge in [0, 0.05) is 24.5 Å². The van der Waals surface area contributed by atoms with Crippen LogP contribution < -0.4 is 4.98 Å². The van der Waals surface area contributed by atoms with E-state index >= 15 is 0 Å². The second kappa shape index (κ2) is 6.30. The number of hydrogen-bond acceptors (Lipinski definition) is 3. The highest BCUT2D eigenvalue weighted by Crippen LogP contribution is 2.19. The molecule has 4 heteroatoms. The zero-order valence-electron chi connectivity index (χ0n) is 11.4. The van der Waals surface area contributed by atoms with Gasteiger partial charge < -0.3 is 14.1 Å². The van der Waals surface area contributed by atoms with E-state index in [1.165, 1.54) is 12.8 Å². The normalized spacial score (nSPS) is 23.9. The molecule has 1 rings (SSSR count). The Hall–Kier alpha value is -0.483. The van der Waals surface area contributed by atoms with Crippen molar-refractivity contribution in [3.8, 4) is 0 Å². The van der Waals surface area contributed by atoms with Crippen LogP contribution in [0.3, 0.4) is 0 Å². The predicted molar refractivity (Wildman–Crippen MR) is 73.1 cm³/mol. The van der Waals surface area contributed by atoms with Crippen LogP contribution in [0.15, 0.2) is 12.4 Å². The molecule has 94 valence electrons. The monoisotopic (exact) mass is 241 g/mol. The third-order valence-corrected chi connectivity index (χ3v) is 6.83. The van der Waals surface area contributed by atoms with Gasteiger partial charge in [0.15, 0.2) is 0 Å². The summed E-state index contributed by atoms with van der Waals surface area (Å²) in [6.07, 6.45) is 7.01. The summed E-state index contributed by atoms with van der Waals surface area (Å²) in [6.45, 7) is 12.4. The molecule has 1 aliphatic heterocycles. The number of rotatable bonds is 6. The van der Waals surface area contributed by atoms with Crippen molar-refractivity contribution < 1.29 is 0 Å². The van der Waals surface area contributed by atoms with Gasteiger partial charge in [0.25, 0.3) is 0 Å². The molecule has 0 saturated heterocycles. The summed E-state index contributed by atoms with van der Waals surface area (Å²) < 4.78 is 5.13. The molecule has 2 unspecified atom stereocenters. The van der Waals surface area contributed by atoms with Crippen molar-refractivity contribution in [2.24, 2.45) is 0 Å². The summed E-state index contributed by atoms with van der Waals surface area (Å²) in [5, 5.41) is 0. The Bertz CT molecular complexity index is 212. The first-order valence-electron chi connectivity index (χ1n) is 6.62. The smallest absolute Gasteiger partial charge is 0.329 e. The topological polar surface area (TPSA) is 18.5 Å². The first kappa shape index (κ1) is 13.6. The lowest BCUT2D eigenvalue weighted by molar-refractivity contribution is 0.371. The summed E-state index contributed by atoms with van der Waals surface area (Å²) in [5.41, 5.74) is 0. The molecular formula is C12H27N3Si. The maximum atomic E-state index is 3.70. The first-order chi connectivity index (χ1) is 7.65. The summed E-state index contributed by atoms with van der Waals surface area (Å²) >= 11 is 0. The first-order valence-corrected chi connectivity index (χ1v) is 8.23. The van der Waals surface area contributed by atoms with Crippen molar-refractivity contribution >= 4 is 9.28 Å². The highest BCUT2D eigenvalue weighted by molar-refractivity contribution is 6.51. The second-order valence-electron chi connectivity index (χ2n) is 4.64. The Labute approximate surface area is 102 Å². The third-order valence-electron chi connectivity index (χ3n) is 3.56.